The van der Waals surface area contributed by atoms with Crippen molar-refractivity contribution in [3.05, 3.63) is 22.4 Å². The van der Waals surface area contributed by atoms with Gasteiger partial charge in [0, 0.05) is 0 Å². The lowest BCUT2D eigenvalue weighted by Gasteiger charge is -2.21. The number of aromatic nitrogens is 2. The number of rotatable bonds is 3. The molecule has 0 aliphatic rings. The Hall–Kier alpha value is -1.72. The van der Waals surface area contributed by atoms with Gasteiger partial charge in [-0.05, 0) is 20.8 Å². The number of carbonyl (C=O) groups is 1. The standard InChI is InChI=1S/C9H14N4O2/c1-9(2,3)13-7(5-12-15)6(4-11-13)8(10)14/h4H,5H2,1-3H3,(H2,10,14). The van der Waals surface area contributed by atoms with Gasteiger partial charge in [0.15, 0.2) is 0 Å². The van der Waals surface area contributed by atoms with Gasteiger partial charge >= 0.3 is 0 Å². The SMILES string of the molecule is CC(C)(C)n1ncc(C(N)=O)c1CN=O. The first-order chi connectivity index (χ1) is 6.88. The fourth-order valence-corrected chi connectivity index (χ4v) is 1.37. The average molecular weight is 210 g/mol. The summed E-state index contributed by atoms with van der Waals surface area (Å²) in [5.41, 5.74) is 5.57. The average Bonchev–Trinajstić information content (AvgIpc) is 2.47. The highest BCUT2D eigenvalue weighted by atomic mass is 16.3. The van der Waals surface area contributed by atoms with Crippen LogP contribution in [0.25, 0.3) is 0 Å². The first-order valence-corrected chi connectivity index (χ1v) is 4.54. The van der Waals surface area contributed by atoms with Gasteiger partial charge in [-0.1, -0.05) is 5.18 Å². The minimum absolute atomic E-state index is 0.102. The van der Waals surface area contributed by atoms with Crippen molar-refractivity contribution in [3.8, 4) is 0 Å². The molecule has 0 saturated heterocycles. The fraction of sp³-hybridized carbons (Fsp3) is 0.556. The molecule has 0 aliphatic heterocycles. The van der Waals surface area contributed by atoms with Crippen LogP contribution in [0, 0.1) is 4.91 Å². The molecule has 0 aromatic carbocycles. The predicted octanol–water partition coefficient (Wildman–Crippen LogP) is 1.00. The van der Waals surface area contributed by atoms with E-state index in [2.05, 4.69) is 10.3 Å². The molecule has 2 N–H and O–H groups in total. The van der Waals surface area contributed by atoms with Gasteiger partial charge in [0.05, 0.1) is 23.0 Å². The molecule has 0 bridgehead atoms. The number of nitrogens with zero attached hydrogens (tertiary/aromatic N) is 3. The number of primary amides is 1. The van der Waals surface area contributed by atoms with Crippen LogP contribution in [-0.2, 0) is 12.1 Å². The summed E-state index contributed by atoms with van der Waals surface area (Å²) in [5.74, 6) is -0.593. The van der Waals surface area contributed by atoms with Crippen molar-refractivity contribution in [3.63, 3.8) is 0 Å². The zero-order valence-electron chi connectivity index (χ0n) is 9.02. The number of nitroso groups, excluding NO2 is 1. The summed E-state index contributed by atoms with van der Waals surface area (Å²) >= 11 is 0. The van der Waals surface area contributed by atoms with Gasteiger partial charge in [-0.15, -0.1) is 0 Å². The molecule has 0 radical (unpaired) electrons. The minimum Gasteiger partial charge on any atom is -0.365 e. The van der Waals surface area contributed by atoms with Crippen LogP contribution in [0.15, 0.2) is 11.4 Å². The van der Waals surface area contributed by atoms with Crippen LogP contribution >= 0.6 is 0 Å². The number of nitrogens with two attached hydrogens (primary N) is 1. The van der Waals surface area contributed by atoms with E-state index >= 15 is 0 Å². The maximum atomic E-state index is 11.1. The third-order valence-electron chi connectivity index (χ3n) is 1.98. The number of carbonyl (C=O) groups excluding carboxylic acids is 1. The molecule has 0 saturated carbocycles. The molecule has 6 heteroatoms. The monoisotopic (exact) mass is 210 g/mol. The number of hydrogen-bond donors (Lipinski definition) is 1. The van der Waals surface area contributed by atoms with E-state index < -0.39 is 5.91 Å². The lowest BCUT2D eigenvalue weighted by Crippen LogP contribution is -2.26. The van der Waals surface area contributed by atoms with Crippen LogP contribution in [0.4, 0.5) is 0 Å². The molecule has 1 amide bonds. The molecule has 15 heavy (non-hydrogen) atoms. The number of amides is 1. The van der Waals surface area contributed by atoms with Crippen LogP contribution in [0.2, 0.25) is 0 Å². The van der Waals surface area contributed by atoms with Crippen molar-refractivity contribution in [1.82, 2.24) is 9.78 Å². The highest BCUT2D eigenvalue weighted by molar-refractivity contribution is 5.93. The summed E-state index contributed by atoms with van der Waals surface area (Å²) in [6.45, 7) is 5.65. The van der Waals surface area contributed by atoms with Gasteiger partial charge in [0.1, 0.15) is 6.54 Å². The van der Waals surface area contributed by atoms with E-state index in [1.165, 1.54) is 6.20 Å². The van der Waals surface area contributed by atoms with Crippen LogP contribution in [0.3, 0.4) is 0 Å². The highest BCUT2D eigenvalue weighted by Crippen LogP contribution is 2.19. The minimum atomic E-state index is -0.593. The molecule has 1 aromatic rings. The van der Waals surface area contributed by atoms with E-state index in [0.29, 0.717) is 5.69 Å². The molecule has 1 rings (SSSR count). The quantitative estimate of drug-likeness (QED) is 0.754. The third-order valence-corrected chi connectivity index (χ3v) is 1.98. The summed E-state index contributed by atoms with van der Waals surface area (Å²) in [6, 6.07) is 0. The van der Waals surface area contributed by atoms with E-state index in [4.69, 9.17) is 5.73 Å². The predicted molar refractivity (Wildman–Crippen MR) is 55.2 cm³/mol. The van der Waals surface area contributed by atoms with Gasteiger partial charge in [0.2, 0.25) is 0 Å². The Morgan fingerprint density at radius 1 is 1.60 bits per heavy atom. The molecular formula is C9H14N4O2. The molecule has 0 aliphatic carbocycles. The van der Waals surface area contributed by atoms with Crippen molar-refractivity contribution in [2.75, 3.05) is 0 Å². The fourth-order valence-electron chi connectivity index (χ4n) is 1.37. The summed E-state index contributed by atoms with van der Waals surface area (Å²) in [7, 11) is 0. The smallest absolute Gasteiger partial charge is 0.252 e. The van der Waals surface area contributed by atoms with E-state index in [1.807, 2.05) is 20.8 Å². The Morgan fingerprint density at radius 2 is 2.20 bits per heavy atom. The molecule has 0 spiro atoms. The van der Waals surface area contributed by atoms with E-state index in [1.54, 1.807) is 4.68 Å². The van der Waals surface area contributed by atoms with Gasteiger partial charge in [-0.2, -0.15) is 10.0 Å². The maximum Gasteiger partial charge on any atom is 0.252 e. The summed E-state index contributed by atoms with van der Waals surface area (Å²) in [6.07, 6.45) is 1.37. The van der Waals surface area contributed by atoms with E-state index in [9.17, 15) is 9.70 Å². The van der Waals surface area contributed by atoms with Gasteiger partial charge in [-0.25, -0.2) is 0 Å². The topological polar surface area (TPSA) is 90.3 Å². The molecular weight excluding hydrogens is 196 g/mol. The van der Waals surface area contributed by atoms with Crippen molar-refractivity contribution in [1.29, 1.82) is 0 Å². The third kappa shape index (κ3) is 2.20. The molecule has 1 heterocycles. The van der Waals surface area contributed by atoms with Crippen molar-refractivity contribution >= 4 is 5.91 Å². The Balaban J connectivity index is 3.29. The molecule has 0 atom stereocenters. The van der Waals surface area contributed by atoms with Crippen molar-refractivity contribution in [2.45, 2.75) is 32.9 Å². The Bertz CT molecular complexity index is 389. The Kier molecular flexibility index (Phi) is 2.88. The van der Waals surface area contributed by atoms with Crippen LogP contribution in [0.1, 0.15) is 36.8 Å². The van der Waals surface area contributed by atoms with Crippen molar-refractivity contribution in [2.24, 2.45) is 10.9 Å². The van der Waals surface area contributed by atoms with Crippen LogP contribution in [-0.4, -0.2) is 15.7 Å². The first-order valence-electron chi connectivity index (χ1n) is 4.54. The normalized spacial score (nSPS) is 11.4. The summed E-state index contributed by atoms with van der Waals surface area (Å²) in [5, 5.41) is 6.82. The molecule has 1 aromatic heterocycles. The molecule has 0 fully saturated rings. The summed E-state index contributed by atoms with van der Waals surface area (Å²) in [4.78, 5) is 21.3. The maximum absolute atomic E-state index is 11.1. The zero-order chi connectivity index (χ0) is 11.6. The van der Waals surface area contributed by atoms with Crippen molar-refractivity contribution < 1.29 is 4.79 Å². The summed E-state index contributed by atoms with van der Waals surface area (Å²) < 4.78 is 1.59. The van der Waals surface area contributed by atoms with Gasteiger partial charge in [0.25, 0.3) is 5.91 Å². The van der Waals surface area contributed by atoms with Gasteiger partial charge in [-0.3, -0.25) is 9.48 Å². The van der Waals surface area contributed by atoms with E-state index in [-0.39, 0.29) is 17.6 Å². The van der Waals surface area contributed by atoms with Crippen LogP contribution in [0.5, 0.6) is 0 Å². The Labute approximate surface area is 87.4 Å². The molecule has 6 nitrogen and oxygen atoms in total. The van der Waals surface area contributed by atoms with E-state index in [0.717, 1.165) is 0 Å². The zero-order valence-corrected chi connectivity index (χ0v) is 9.02. The first kappa shape index (κ1) is 11.4. The second-order valence-corrected chi connectivity index (χ2v) is 4.24. The Morgan fingerprint density at radius 3 is 2.60 bits per heavy atom. The van der Waals surface area contributed by atoms with Crippen LogP contribution < -0.4 is 5.73 Å². The lowest BCUT2D eigenvalue weighted by molar-refractivity contribution is 0.0999. The lowest BCUT2D eigenvalue weighted by atomic mass is 10.1. The highest BCUT2D eigenvalue weighted by Gasteiger charge is 2.22. The number of hydrogen-bond acceptors (Lipinski definition) is 4. The largest absolute Gasteiger partial charge is 0.365 e. The molecule has 82 valence electrons. The second kappa shape index (κ2) is 3.80. The molecule has 0 unspecified atom stereocenters. The second-order valence-electron chi connectivity index (χ2n) is 4.24. The van der Waals surface area contributed by atoms with Gasteiger partial charge < -0.3 is 5.73 Å².